The lowest BCUT2D eigenvalue weighted by Crippen LogP contribution is -2.40. The lowest BCUT2D eigenvalue weighted by Gasteiger charge is -2.11. The van der Waals surface area contributed by atoms with Gasteiger partial charge in [-0.25, -0.2) is 0 Å². The first-order chi connectivity index (χ1) is 6.61. The van der Waals surface area contributed by atoms with Crippen molar-refractivity contribution in [2.45, 2.75) is 19.1 Å². The number of nitrogens with one attached hydrogen (secondary N) is 1. The zero-order valence-corrected chi connectivity index (χ0v) is 8.75. The van der Waals surface area contributed by atoms with E-state index in [1.165, 1.54) is 11.3 Å². The molecule has 1 aromatic rings. The summed E-state index contributed by atoms with van der Waals surface area (Å²) in [6.07, 6.45) is -0.649. The summed E-state index contributed by atoms with van der Waals surface area (Å²) in [6, 6.07) is 1.29. The standard InChI is InChI=1S/C9H14N2O2S/c1-6(10)9(13)11-4-8(12)7-2-3-14-5-7/h2-3,5-6,8,12H,4,10H2,1H3,(H,11,13). The Morgan fingerprint density at radius 1 is 1.79 bits per heavy atom. The van der Waals surface area contributed by atoms with Crippen molar-refractivity contribution >= 4 is 17.2 Å². The number of amides is 1. The molecule has 1 aromatic heterocycles. The van der Waals surface area contributed by atoms with Crippen LogP contribution in [0.1, 0.15) is 18.6 Å². The maximum absolute atomic E-state index is 11.1. The molecule has 1 amide bonds. The van der Waals surface area contributed by atoms with Crippen LogP contribution in [-0.2, 0) is 4.79 Å². The van der Waals surface area contributed by atoms with Crippen LogP contribution in [0.15, 0.2) is 16.8 Å². The minimum Gasteiger partial charge on any atom is -0.387 e. The average Bonchev–Trinajstić information content (AvgIpc) is 2.66. The van der Waals surface area contributed by atoms with Crippen LogP contribution in [0.5, 0.6) is 0 Å². The summed E-state index contributed by atoms with van der Waals surface area (Å²) < 4.78 is 0. The largest absolute Gasteiger partial charge is 0.387 e. The molecule has 0 aliphatic carbocycles. The first-order valence-electron chi connectivity index (χ1n) is 4.34. The Morgan fingerprint density at radius 2 is 2.50 bits per heavy atom. The molecule has 78 valence electrons. The maximum Gasteiger partial charge on any atom is 0.236 e. The Hall–Kier alpha value is -0.910. The molecule has 0 bridgehead atoms. The van der Waals surface area contributed by atoms with Crippen LogP contribution in [-0.4, -0.2) is 23.6 Å². The van der Waals surface area contributed by atoms with Gasteiger partial charge in [0.05, 0.1) is 12.1 Å². The number of thiophene rings is 1. The number of carbonyl (C=O) groups excluding carboxylic acids is 1. The molecule has 0 spiro atoms. The molecule has 14 heavy (non-hydrogen) atoms. The second kappa shape index (κ2) is 5.09. The van der Waals surface area contributed by atoms with Gasteiger partial charge in [-0.3, -0.25) is 4.79 Å². The van der Waals surface area contributed by atoms with Gasteiger partial charge in [-0.05, 0) is 29.3 Å². The van der Waals surface area contributed by atoms with E-state index in [0.29, 0.717) is 0 Å². The summed E-state index contributed by atoms with van der Waals surface area (Å²) in [5.41, 5.74) is 6.17. The summed E-state index contributed by atoms with van der Waals surface area (Å²) in [7, 11) is 0. The SMILES string of the molecule is CC(N)C(=O)NCC(O)c1ccsc1. The van der Waals surface area contributed by atoms with Gasteiger partial charge >= 0.3 is 0 Å². The number of rotatable bonds is 4. The third kappa shape index (κ3) is 3.10. The van der Waals surface area contributed by atoms with Crippen LogP contribution in [0.3, 0.4) is 0 Å². The molecule has 2 unspecified atom stereocenters. The smallest absolute Gasteiger partial charge is 0.236 e. The van der Waals surface area contributed by atoms with Gasteiger partial charge in [0, 0.05) is 6.54 Å². The Bertz CT molecular complexity index is 285. The zero-order valence-electron chi connectivity index (χ0n) is 7.93. The highest BCUT2D eigenvalue weighted by Crippen LogP contribution is 2.14. The van der Waals surface area contributed by atoms with Gasteiger partial charge in [0.2, 0.25) is 5.91 Å². The van der Waals surface area contributed by atoms with Gasteiger partial charge < -0.3 is 16.2 Å². The quantitative estimate of drug-likeness (QED) is 0.672. The van der Waals surface area contributed by atoms with Crippen molar-refractivity contribution in [2.24, 2.45) is 5.73 Å². The fourth-order valence-corrected chi connectivity index (χ4v) is 1.65. The predicted octanol–water partition coefficient (Wildman–Crippen LogP) is 0.245. The van der Waals surface area contributed by atoms with Gasteiger partial charge in [0.25, 0.3) is 0 Å². The zero-order chi connectivity index (χ0) is 10.6. The van der Waals surface area contributed by atoms with Crippen LogP contribution in [0.25, 0.3) is 0 Å². The number of nitrogens with two attached hydrogens (primary N) is 1. The van der Waals surface area contributed by atoms with E-state index in [0.717, 1.165) is 5.56 Å². The molecule has 1 heterocycles. The van der Waals surface area contributed by atoms with Gasteiger partial charge in [-0.15, -0.1) is 0 Å². The molecule has 0 aliphatic heterocycles. The fraction of sp³-hybridized carbons (Fsp3) is 0.444. The van der Waals surface area contributed by atoms with E-state index < -0.39 is 12.1 Å². The number of aliphatic hydroxyl groups is 1. The van der Waals surface area contributed by atoms with E-state index in [2.05, 4.69) is 5.32 Å². The Kier molecular flexibility index (Phi) is 4.06. The van der Waals surface area contributed by atoms with Crippen molar-refractivity contribution in [2.75, 3.05) is 6.54 Å². The van der Waals surface area contributed by atoms with Gasteiger partial charge in [-0.1, -0.05) is 0 Å². The molecule has 5 heteroatoms. The molecule has 0 radical (unpaired) electrons. The number of aliphatic hydroxyl groups excluding tert-OH is 1. The number of hydrogen-bond donors (Lipinski definition) is 3. The van der Waals surface area contributed by atoms with Crippen LogP contribution in [0, 0.1) is 0 Å². The predicted molar refractivity (Wildman–Crippen MR) is 55.9 cm³/mol. The minimum absolute atomic E-state index is 0.205. The highest BCUT2D eigenvalue weighted by molar-refractivity contribution is 7.07. The molecule has 4 N–H and O–H groups in total. The average molecular weight is 214 g/mol. The summed E-state index contributed by atoms with van der Waals surface area (Å²) in [6.45, 7) is 1.81. The normalized spacial score (nSPS) is 14.8. The van der Waals surface area contributed by atoms with E-state index in [1.54, 1.807) is 6.92 Å². The molecule has 0 aliphatic rings. The molecular formula is C9H14N2O2S. The van der Waals surface area contributed by atoms with Gasteiger partial charge in [0.15, 0.2) is 0 Å². The van der Waals surface area contributed by atoms with Crippen molar-refractivity contribution in [3.05, 3.63) is 22.4 Å². The highest BCUT2D eigenvalue weighted by Gasteiger charge is 2.11. The Morgan fingerprint density at radius 3 is 3.00 bits per heavy atom. The Balaban J connectivity index is 2.36. The summed E-state index contributed by atoms with van der Waals surface area (Å²) in [5.74, 6) is -0.251. The van der Waals surface area contributed by atoms with Crippen LogP contribution in [0.2, 0.25) is 0 Å². The van der Waals surface area contributed by atoms with E-state index in [1.807, 2.05) is 16.8 Å². The van der Waals surface area contributed by atoms with E-state index in [-0.39, 0.29) is 12.5 Å². The molecule has 2 atom stereocenters. The third-order valence-electron chi connectivity index (χ3n) is 1.81. The minimum atomic E-state index is -0.649. The van der Waals surface area contributed by atoms with Gasteiger partial charge in [0.1, 0.15) is 0 Å². The second-order valence-corrected chi connectivity index (χ2v) is 3.89. The summed E-state index contributed by atoms with van der Waals surface area (Å²) >= 11 is 1.51. The van der Waals surface area contributed by atoms with Crippen molar-refractivity contribution < 1.29 is 9.90 Å². The second-order valence-electron chi connectivity index (χ2n) is 3.11. The van der Waals surface area contributed by atoms with Gasteiger partial charge in [-0.2, -0.15) is 11.3 Å². The lowest BCUT2D eigenvalue weighted by molar-refractivity contribution is -0.122. The van der Waals surface area contributed by atoms with Crippen molar-refractivity contribution in [3.63, 3.8) is 0 Å². The summed E-state index contributed by atoms with van der Waals surface area (Å²) in [4.78, 5) is 11.1. The number of carbonyl (C=O) groups is 1. The first-order valence-corrected chi connectivity index (χ1v) is 5.29. The van der Waals surface area contributed by atoms with Crippen LogP contribution in [0.4, 0.5) is 0 Å². The first kappa shape index (κ1) is 11.2. The number of hydrogen-bond acceptors (Lipinski definition) is 4. The maximum atomic E-state index is 11.1. The molecule has 0 saturated carbocycles. The molecule has 1 rings (SSSR count). The Labute approximate surface area is 86.7 Å². The molecule has 0 fully saturated rings. The third-order valence-corrected chi connectivity index (χ3v) is 2.51. The fourth-order valence-electron chi connectivity index (χ4n) is 0.941. The van der Waals surface area contributed by atoms with Crippen molar-refractivity contribution in [1.82, 2.24) is 5.32 Å². The monoisotopic (exact) mass is 214 g/mol. The highest BCUT2D eigenvalue weighted by atomic mass is 32.1. The van der Waals surface area contributed by atoms with E-state index in [9.17, 15) is 9.90 Å². The lowest BCUT2D eigenvalue weighted by atomic mass is 10.2. The topological polar surface area (TPSA) is 75.4 Å². The molecule has 4 nitrogen and oxygen atoms in total. The molecule has 0 saturated heterocycles. The summed E-state index contributed by atoms with van der Waals surface area (Å²) in [5, 5.41) is 15.9. The van der Waals surface area contributed by atoms with Crippen molar-refractivity contribution in [1.29, 1.82) is 0 Å². The molecule has 0 aromatic carbocycles. The van der Waals surface area contributed by atoms with Crippen LogP contribution < -0.4 is 11.1 Å². The van der Waals surface area contributed by atoms with E-state index >= 15 is 0 Å². The van der Waals surface area contributed by atoms with Crippen molar-refractivity contribution in [3.8, 4) is 0 Å². The van der Waals surface area contributed by atoms with E-state index in [4.69, 9.17) is 5.73 Å². The van der Waals surface area contributed by atoms with Crippen LogP contribution >= 0.6 is 11.3 Å². The molecular weight excluding hydrogens is 200 g/mol.